The third-order valence-corrected chi connectivity index (χ3v) is 2.45. The third-order valence-electron chi connectivity index (χ3n) is 2.45. The molecule has 6 nitrogen and oxygen atoms in total. The van der Waals surface area contributed by atoms with Crippen LogP contribution in [-0.4, -0.2) is 31.0 Å². The summed E-state index contributed by atoms with van der Waals surface area (Å²) in [6.07, 6.45) is 3.02. The van der Waals surface area contributed by atoms with E-state index in [1.807, 2.05) is 13.8 Å². The number of aliphatic hydroxyl groups excluding tert-OH is 1. The first kappa shape index (κ1) is 10.8. The van der Waals surface area contributed by atoms with Gasteiger partial charge in [0.2, 0.25) is 0 Å². The summed E-state index contributed by atoms with van der Waals surface area (Å²) >= 11 is 0. The average molecular weight is 222 g/mol. The van der Waals surface area contributed by atoms with E-state index in [4.69, 9.17) is 5.11 Å². The minimum Gasteiger partial charge on any atom is -0.394 e. The summed E-state index contributed by atoms with van der Waals surface area (Å²) in [5.74, 6) is 0. The maximum atomic E-state index is 12.0. The van der Waals surface area contributed by atoms with Crippen molar-refractivity contribution in [3.05, 3.63) is 22.9 Å². The number of aliphatic hydroxyl groups is 1. The van der Waals surface area contributed by atoms with Crippen LogP contribution in [0.4, 0.5) is 0 Å². The second-order valence-electron chi connectivity index (χ2n) is 3.88. The van der Waals surface area contributed by atoms with Gasteiger partial charge in [-0.2, -0.15) is 5.10 Å². The number of rotatable bonds is 3. The van der Waals surface area contributed by atoms with Gasteiger partial charge in [-0.25, -0.2) is 9.67 Å². The summed E-state index contributed by atoms with van der Waals surface area (Å²) in [6, 6.07) is 0.0746. The lowest BCUT2D eigenvalue weighted by molar-refractivity contribution is 0.271. The Hall–Kier alpha value is -1.69. The van der Waals surface area contributed by atoms with E-state index in [-0.39, 0.29) is 18.2 Å². The van der Waals surface area contributed by atoms with Gasteiger partial charge < -0.3 is 5.11 Å². The van der Waals surface area contributed by atoms with Crippen molar-refractivity contribution in [3.8, 4) is 0 Å². The van der Waals surface area contributed by atoms with Gasteiger partial charge in [-0.3, -0.25) is 9.36 Å². The van der Waals surface area contributed by atoms with Gasteiger partial charge in [0, 0.05) is 6.04 Å². The number of fused-ring (bicyclic) bond motifs is 1. The molecule has 86 valence electrons. The van der Waals surface area contributed by atoms with Gasteiger partial charge in [0.25, 0.3) is 5.56 Å². The van der Waals surface area contributed by atoms with Crippen LogP contribution in [-0.2, 0) is 6.54 Å². The van der Waals surface area contributed by atoms with Crippen molar-refractivity contribution in [1.29, 1.82) is 0 Å². The lowest BCUT2D eigenvalue weighted by atomic mass is 10.3. The molecular weight excluding hydrogens is 208 g/mol. The van der Waals surface area contributed by atoms with E-state index in [0.717, 1.165) is 0 Å². The maximum absolute atomic E-state index is 12.0. The zero-order valence-electron chi connectivity index (χ0n) is 9.29. The molecule has 2 aromatic heterocycles. The zero-order chi connectivity index (χ0) is 11.7. The van der Waals surface area contributed by atoms with Crippen molar-refractivity contribution in [1.82, 2.24) is 19.3 Å². The fourth-order valence-electron chi connectivity index (χ4n) is 1.60. The summed E-state index contributed by atoms with van der Waals surface area (Å²) in [7, 11) is 0. The summed E-state index contributed by atoms with van der Waals surface area (Å²) in [5.41, 5.74) is 0.431. The maximum Gasteiger partial charge on any atom is 0.264 e. The van der Waals surface area contributed by atoms with Crippen molar-refractivity contribution >= 4 is 11.0 Å². The predicted octanol–water partition coefficient (Wildman–Crippen LogP) is 0.166. The molecule has 0 saturated heterocycles. The van der Waals surface area contributed by atoms with Crippen LogP contribution < -0.4 is 5.56 Å². The molecule has 2 aromatic rings. The Balaban J connectivity index is 2.64. The zero-order valence-corrected chi connectivity index (χ0v) is 9.29. The molecule has 0 unspecified atom stereocenters. The Morgan fingerprint density at radius 2 is 2.25 bits per heavy atom. The van der Waals surface area contributed by atoms with Gasteiger partial charge in [0.15, 0.2) is 5.65 Å². The third kappa shape index (κ3) is 1.61. The van der Waals surface area contributed by atoms with Crippen molar-refractivity contribution in [2.24, 2.45) is 0 Å². The highest BCUT2D eigenvalue weighted by atomic mass is 16.3. The van der Waals surface area contributed by atoms with Gasteiger partial charge in [0.05, 0.1) is 19.3 Å². The SMILES string of the molecule is CC(C)n1cnc2c(cnn2CCO)c1=O. The summed E-state index contributed by atoms with van der Waals surface area (Å²) < 4.78 is 3.09. The molecule has 0 radical (unpaired) electrons. The van der Waals surface area contributed by atoms with Crippen LogP contribution >= 0.6 is 0 Å². The molecule has 1 N–H and O–H groups in total. The monoisotopic (exact) mass is 222 g/mol. The standard InChI is InChI=1S/C10H14N4O2/c1-7(2)13-6-11-9-8(10(13)16)5-12-14(9)3-4-15/h5-7,15H,3-4H2,1-2H3. The van der Waals surface area contributed by atoms with Crippen molar-refractivity contribution in [3.63, 3.8) is 0 Å². The first-order valence-corrected chi connectivity index (χ1v) is 5.18. The minimum atomic E-state index is -0.0933. The molecule has 0 saturated carbocycles. The Morgan fingerprint density at radius 1 is 1.50 bits per heavy atom. The average Bonchev–Trinajstić information content (AvgIpc) is 2.63. The Labute approximate surface area is 92.2 Å². The summed E-state index contributed by atoms with van der Waals surface area (Å²) in [6.45, 7) is 4.17. The van der Waals surface area contributed by atoms with Gasteiger partial charge in [-0.15, -0.1) is 0 Å². The van der Waals surface area contributed by atoms with E-state index in [9.17, 15) is 4.79 Å². The van der Waals surface area contributed by atoms with Crippen molar-refractivity contribution in [2.45, 2.75) is 26.4 Å². The molecule has 0 atom stereocenters. The van der Waals surface area contributed by atoms with Gasteiger partial charge >= 0.3 is 0 Å². The summed E-state index contributed by atoms with van der Waals surface area (Å²) in [4.78, 5) is 16.2. The van der Waals surface area contributed by atoms with Crippen LogP contribution in [0, 0.1) is 0 Å². The van der Waals surface area contributed by atoms with E-state index in [2.05, 4.69) is 10.1 Å². The van der Waals surface area contributed by atoms with Crippen LogP contribution in [0.1, 0.15) is 19.9 Å². The molecule has 0 bridgehead atoms. The molecule has 16 heavy (non-hydrogen) atoms. The normalized spacial score (nSPS) is 11.5. The van der Waals surface area contributed by atoms with Crippen LogP contribution in [0.5, 0.6) is 0 Å². The molecule has 2 rings (SSSR count). The van der Waals surface area contributed by atoms with Crippen molar-refractivity contribution in [2.75, 3.05) is 6.61 Å². The Bertz CT molecular complexity index is 555. The topological polar surface area (TPSA) is 72.9 Å². The van der Waals surface area contributed by atoms with Crippen LogP contribution in [0.2, 0.25) is 0 Å². The van der Waals surface area contributed by atoms with E-state index in [0.29, 0.717) is 17.6 Å². The molecule has 0 aliphatic heterocycles. The van der Waals surface area contributed by atoms with Crippen molar-refractivity contribution < 1.29 is 5.11 Å². The second kappa shape index (κ2) is 4.05. The smallest absolute Gasteiger partial charge is 0.264 e. The molecule has 0 fully saturated rings. The first-order valence-electron chi connectivity index (χ1n) is 5.18. The molecule has 0 aliphatic carbocycles. The van der Waals surface area contributed by atoms with E-state index in [1.54, 1.807) is 4.57 Å². The highest BCUT2D eigenvalue weighted by molar-refractivity contribution is 5.72. The van der Waals surface area contributed by atoms with E-state index in [1.165, 1.54) is 17.2 Å². The quantitative estimate of drug-likeness (QED) is 0.803. The fraction of sp³-hybridized carbons (Fsp3) is 0.500. The lowest BCUT2D eigenvalue weighted by Crippen LogP contribution is -2.22. The summed E-state index contributed by atoms with van der Waals surface area (Å²) in [5, 5.41) is 13.4. The number of nitrogens with zero attached hydrogens (tertiary/aromatic N) is 4. The van der Waals surface area contributed by atoms with Crippen LogP contribution in [0.25, 0.3) is 11.0 Å². The number of hydrogen-bond donors (Lipinski definition) is 1. The molecule has 0 aliphatic rings. The van der Waals surface area contributed by atoms with E-state index >= 15 is 0 Å². The van der Waals surface area contributed by atoms with Gasteiger partial charge in [0.1, 0.15) is 11.7 Å². The molecule has 2 heterocycles. The second-order valence-corrected chi connectivity index (χ2v) is 3.88. The number of hydrogen-bond acceptors (Lipinski definition) is 4. The molecule has 6 heteroatoms. The Kier molecular flexibility index (Phi) is 2.74. The van der Waals surface area contributed by atoms with Gasteiger partial charge in [-0.05, 0) is 13.8 Å². The minimum absolute atomic E-state index is 0.0221. The largest absolute Gasteiger partial charge is 0.394 e. The molecular formula is C10H14N4O2. The molecule has 0 amide bonds. The Morgan fingerprint density at radius 3 is 2.88 bits per heavy atom. The first-order chi connectivity index (χ1) is 7.65. The van der Waals surface area contributed by atoms with Gasteiger partial charge in [-0.1, -0.05) is 0 Å². The predicted molar refractivity (Wildman–Crippen MR) is 59.3 cm³/mol. The van der Waals surface area contributed by atoms with Crippen LogP contribution in [0.15, 0.2) is 17.3 Å². The van der Waals surface area contributed by atoms with Crippen LogP contribution in [0.3, 0.4) is 0 Å². The highest BCUT2D eigenvalue weighted by Gasteiger charge is 2.10. The lowest BCUT2D eigenvalue weighted by Gasteiger charge is -2.08. The highest BCUT2D eigenvalue weighted by Crippen LogP contribution is 2.07. The fourth-order valence-corrected chi connectivity index (χ4v) is 1.60. The van der Waals surface area contributed by atoms with E-state index < -0.39 is 0 Å². The molecule has 0 aromatic carbocycles. The molecule has 0 spiro atoms. The number of aromatic nitrogens is 4.